The van der Waals surface area contributed by atoms with Crippen molar-refractivity contribution >= 4 is 17.3 Å². The summed E-state index contributed by atoms with van der Waals surface area (Å²) in [5.74, 6) is 0.162. The normalized spacial score (nSPS) is 10.7. The van der Waals surface area contributed by atoms with Crippen LogP contribution in [0, 0.1) is 5.92 Å². The number of benzene rings is 1. The summed E-state index contributed by atoms with van der Waals surface area (Å²) in [6.45, 7) is 8.31. The summed E-state index contributed by atoms with van der Waals surface area (Å²) in [6, 6.07) is 5.46. The van der Waals surface area contributed by atoms with Gasteiger partial charge in [-0.15, -0.1) is 0 Å². The fourth-order valence-corrected chi connectivity index (χ4v) is 2.30. The molecular weight excluding hydrogens is 238 g/mol. The first-order valence-electron chi connectivity index (χ1n) is 6.98. The molecule has 0 fully saturated rings. The summed E-state index contributed by atoms with van der Waals surface area (Å²) in [5.41, 5.74) is 13.2. The van der Waals surface area contributed by atoms with Gasteiger partial charge < -0.3 is 16.4 Å². The Bertz CT molecular complexity index is 427. The van der Waals surface area contributed by atoms with Gasteiger partial charge in [-0.25, -0.2) is 0 Å². The van der Waals surface area contributed by atoms with Crippen molar-refractivity contribution in [3.63, 3.8) is 0 Å². The first-order valence-corrected chi connectivity index (χ1v) is 6.98. The second-order valence-electron chi connectivity index (χ2n) is 4.82. The number of amides is 1. The predicted molar refractivity (Wildman–Crippen MR) is 81.3 cm³/mol. The molecule has 0 saturated heterocycles. The van der Waals surface area contributed by atoms with Crippen molar-refractivity contribution in [2.75, 3.05) is 23.7 Å². The minimum atomic E-state index is -0.474. The smallest absolute Gasteiger partial charge is 0.250 e. The molecule has 1 aromatic rings. The fraction of sp³-hybridized carbons (Fsp3) is 0.533. The topological polar surface area (TPSA) is 72.3 Å². The largest absolute Gasteiger partial charge is 0.396 e. The number of anilines is 2. The highest BCUT2D eigenvalue weighted by atomic mass is 16.1. The Kier molecular flexibility index (Phi) is 5.67. The summed E-state index contributed by atoms with van der Waals surface area (Å²) in [6.07, 6.45) is 2.28. The van der Waals surface area contributed by atoms with Crippen molar-refractivity contribution in [3.05, 3.63) is 23.8 Å². The third-order valence-corrected chi connectivity index (χ3v) is 3.70. The molecule has 0 heterocycles. The second kappa shape index (κ2) is 7.02. The van der Waals surface area contributed by atoms with E-state index in [2.05, 4.69) is 25.7 Å². The molecule has 4 nitrogen and oxygen atoms in total. The van der Waals surface area contributed by atoms with Gasteiger partial charge in [-0.1, -0.05) is 32.8 Å². The lowest BCUT2D eigenvalue weighted by molar-refractivity contribution is 0.100. The van der Waals surface area contributed by atoms with Crippen LogP contribution in [0.4, 0.5) is 11.4 Å². The van der Waals surface area contributed by atoms with E-state index in [4.69, 9.17) is 11.5 Å². The molecular formula is C15H25N3O. The molecule has 106 valence electrons. The quantitative estimate of drug-likeness (QED) is 0.743. The number of carbonyl (C=O) groups is 1. The Labute approximate surface area is 115 Å². The van der Waals surface area contributed by atoms with Crippen molar-refractivity contribution in [2.45, 2.75) is 33.6 Å². The number of para-hydroxylation sites is 1. The lowest BCUT2D eigenvalue weighted by Gasteiger charge is -2.29. The second-order valence-corrected chi connectivity index (χ2v) is 4.82. The number of nitrogens with two attached hydrogens (primary N) is 2. The monoisotopic (exact) mass is 263 g/mol. The number of carbonyl (C=O) groups excluding carboxylic acids is 1. The van der Waals surface area contributed by atoms with E-state index in [1.165, 1.54) is 0 Å². The maximum Gasteiger partial charge on any atom is 0.250 e. The highest BCUT2D eigenvalue weighted by molar-refractivity contribution is 6.00. The number of hydrogen-bond acceptors (Lipinski definition) is 3. The average molecular weight is 263 g/mol. The molecule has 1 amide bonds. The molecule has 0 spiro atoms. The molecule has 1 aromatic carbocycles. The fourth-order valence-electron chi connectivity index (χ4n) is 2.30. The van der Waals surface area contributed by atoms with E-state index >= 15 is 0 Å². The molecule has 0 unspecified atom stereocenters. The number of rotatable bonds is 7. The molecule has 0 aliphatic heterocycles. The van der Waals surface area contributed by atoms with E-state index in [9.17, 15) is 4.79 Å². The zero-order valence-electron chi connectivity index (χ0n) is 12.1. The van der Waals surface area contributed by atoms with Crippen molar-refractivity contribution in [2.24, 2.45) is 11.7 Å². The Hall–Kier alpha value is -1.71. The predicted octanol–water partition coefficient (Wildman–Crippen LogP) is 2.63. The summed E-state index contributed by atoms with van der Waals surface area (Å²) < 4.78 is 0. The SMILES string of the molecule is CCC(CC)CN(CC)c1cccc(C(N)=O)c1N. The lowest BCUT2D eigenvalue weighted by Crippen LogP contribution is -2.30. The van der Waals surface area contributed by atoms with Gasteiger partial charge in [0, 0.05) is 13.1 Å². The minimum absolute atomic E-state index is 0.403. The van der Waals surface area contributed by atoms with E-state index in [-0.39, 0.29) is 0 Å². The van der Waals surface area contributed by atoms with E-state index in [0.29, 0.717) is 17.2 Å². The molecule has 0 saturated carbocycles. The van der Waals surface area contributed by atoms with Crippen LogP contribution in [0.1, 0.15) is 44.0 Å². The molecule has 0 aromatic heterocycles. The molecule has 0 aliphatic rings. The molecule has 0 aliphatic carbocycles. The van der Waals surface area contributed by atoms with Crippen LogP contribution in [0.15, 0.2) is 18.2 Å². The van der Waals surface area contributed by atoms with Gasteiger partial charge in [-0.3, -0.25) is 4.79 Å². The van der Waals surface area contributed by atoms with E-state index in [0.717, 1.165) is 31.6 Å². The maximum absolute atomic E-state index is 11.3. The third-order valence-electron chi connectivity index (χ3n) is 3.70. The van der Waals surface area contributed by atoms with Crippen LogP contribution in [0.25, 0.3) is 0 Å². The lowest BCUT2D eigenvalue weighted by atomic mass is 10.0. The van der Waals surface area contributed by atoms with Gasteiger partial charge in [0.05, 0.1) is 16.9 Å². The van der Waals surface area contributed by atoms with Crippen LogP contribution in [0.2, 0.25) is 0 Å². The van der Waals surface area contributed by atoms with E-state index in [1.807, 2.05) is 12.1 Å². The van der Waals surface area contributed by atoms with Gasteiger partial charge in [0.2, 0.25) is 0 Å². The van der Waals surface area contributed by atoms with Crippen molar-refractivity contribution in [1.82, 2.24) is 0 Å². The van der Waals surface area contributed by atoms with Crippen LogP contribution in [0.3, 0.4) is 0 Å². The number of primary amides is 1. The third kappa shape index (κ3) is 3.63. The van der Waals surface area contributed by atoms with Gasteiger partial charge in [0.15, 0.2) is 0 Å². The molecule has 0 atom stereocenters. The molecule has 19 heavy (non-hydrogen) atoms. The summed E-state index contributed by atoms with van der Waals surface area (Å²) in [5, 5.41) is 0. The number of nitrogen functional groups attached to an aromatic ring is 1. The highest BCUT2D eigenvalue weighted by Crippen LogP contribution is 2.27. The minimum Gasteiger partial charge on any atom is -0.396 e. The number of nitrogens with zero attached hydrogens (tertiary/aromatic N) is 1. The van der Waals surface area contributed by atoms with Gasteiger partial charge in [-0.2, -0.15) is 0 Å². The standard InChI is InChI=1S/C15H25N3O/c1-4-11(5-2)10-18(6-3)13-9-7-8-12(14(13)16)15(17)19/h7-9,11H,4-6,10,16H2,1-3H3,(H2,17,19). The Morgan fingerprint density at radius 3 is 2.37 bits per heavy atom. The molecule has 1 rings (SSSR count). The first kappa shape index (κ1) is 15.3. The van der Waals surface area contributed by atoms with Crippen LogP contribution < -0.4 is 16.4 Å². The zero-order chi connectivity index (χ0) is 14.4. The van der Waals surface area contributed by atoms with Crippen molar-refractivity contribution in [3.8, 4) is 0 Å². The van der Waals surface area contributed by atoms with Crippen molar-refractivity contribution in [1.29, 1.82) is 0 Å². The summed E-state index contributed by atoms with van der Waals surface area (Å²) >= 11 is 0. The zero-order valence-corrected chi connectivity index (χ0v) is 12.1. The Morgan fingerprint density at radius 1 is 1.26 bits per heavy atom. The van der Waals surface area contributed by atoms with Crippen LogP contribution in [-0.2, 0) is 0 Å². The molecule has 0 bridgehead atoms. The number of hydrogen-bond donors (Lipinski definition) is 2. The van der Waals surface area contributed by atoms with Crippen LogP contribution >= 0.6 is 0 Å². The van der Waals surface area contributed by atoms with Gasteiger partial charge in [0.1, 0.15) is 0 Å². The van der Waals surface area contributed by atoms with E-state index < -0.39 is 5.91 Å². The maximum atomic E-state index is 11.3. The van der Waals surface area contributed by atoms with Gasteiger partial charge in [-0.05, 0) is 25.0 Å². The van der Waals surface area contributed by atoms with Crippen molar-refractivity contribution < 1.29 is 4.79 Å². The average Bonchev–Trinajstić information content (AvgIpc) is 2.41. The summed E-state index contributed by atoms with van der Waals surface area (Å²) in [4.78, 5) is 13.6. The molecule has 0 radical (unpaired) electrons. The summed E-state index contributed by atoms with van der Waals surface area (Å²) in [7, 11) is 0. The highest BCUT2D eigenvalue weighted by Gasteiger charge is 2.16. The van der Waals surface area contributed by atoms with Gasteiger partial charge in [0.25, 0.3) is 5.91 Å². The van der Waals surface area contributed by atoms with Crippen LogP contribution in [0.5, 0.6) is 0 Å². The Morgan fingerprint density at radius 2 is 1.89 bits per heavy atom. The molecule has 4 N–H and O–H groups in total. The Balaban J connectivity index is 3.05. The van der Waals surface area contributed by atoms with Gasteiger partial charge >= 0.3 is 0 Å². The first-order chi connectivity index (χ1) is 9.04. The van der Waals surface area contributed by atoms with Crippen LogP contribution in [-0.4, -0.2) is 19.0 Å². The molecule has 4 heteroatoms. The van der Waals surface area contributed by atoms with E-state index in [1.54, 1.807) is 6.07 Å².